The molecule has 0 amide bonds. The lowest BCUT2D eigenvalue weighted by molar-refractivity contribution is 0.195. The Morgan fingerprint density at radius 2 is 2.42 bits per heavy atom. The summed E-state index contributed by atoms with van der Waals surface area (Å²) in [6, 6.07) is 0. The van der Waals surface area contributed by atoms with Gasteiger partial charge in [0.25, 0.3) is 0 Å². The Kier molecular flexibility index (Phi) is 3.10. The number of hydrogen-bond donors (Lipinski definition) is 1. The van der Waals surface area contributed by atoms with Gasteiger partial charge in [0.15, 0.2) is 0 Å². The molecular formula is C8H15N3O. The Morgan fingerprint density at radius 3 is 2.92 bits per heavy atom. The van der Waals surface area contributed by atoms with Gasteiger partial charge in [-0.1, -0.05) is 0 Å². The maximum Gasteiger partial charge on any atom is 0.0854 e. The van der Waals surface area contributed by atoms with Crippen molar-refractivity contribution in [1.82, 2.24) is 9.78 Å². The van der Waals surface area contributed by atoms with Crippen LogP contribution in [0.3, 0.4) is 0 Å². The summed E-state index contributed by atoms with van der Waals surface area (Å²) in [6.07, 6.45) is 3.68. The van der Waals surface area contributed by atoms with Crippen molar-refractivity contribution in [1.29, 1.82) is 0 Å². The quantitative estimate of drug-likeness (QED) is 0.671. The van der Waals surface area contributed by atoms with E-state index in [9.17, 15) is 0 Å². The van der Waals surface area contributed by atoms with Crippen LogP contribution in [0.1, 0.15) is 12.1 Å². The number of aryl methyl sites for hydroxylation is 2. The minimum atomic E-state index is 0.760. The molecule has 0 saturated carbocycles. The first-order valence-electron chi connectivity index (χ1n) is 4.01. The zero-order valence-corrected chi connectivity index (χ0v) is 7.58. The molecular weight excluding hydrogens is 154 g/mol. The minimum absolute atomic E-state index is 0.760. The van der Waals surface area contributed by atoms with E-state index in [4.69, 9.17) is 10.5 Å². The molecule has 0 aliphatic rings. The van der Waals surface area contributed by atoms with Gasteiger partial charge in [0.1, 0.15) is 0 Å². The topological polar surface area (TPSA) is 53.1 Å². The van der Waals surface area contributed by atoms with Crippen molar-refractivity contribution in [2.75, 3.05) is 19.5 Å². The van der Waals surface area contributed by atoms with Crippen LogP contribution >= 0.6 is 0 Å². The first kappa shape index (κ1) is 9.06. The van der Waals surface area contributed by atoms with Gasteiger partial charge in [0, 0.05) is 27.0 Å². The normalized spacial score (nSPS) is 10.5. The number of methoxy groups -OCH3 is 1. The number of aromatic nitrogens is 2. The molecule has 12 heavy (non-hydrogen) atoms. The first-order chi connectivity index (χ1) is 5.74. The van der Waals surface area contributed by atoms with Gasteiger partial charge < -0.3 is 10.5 Å². The molecule has 4 nitrogen and oxygen atoms in total. The van der Waals surface area contributed by atoms with Gasteiger partial charge in [-0.2, -0.15) is 5.10 Å². The van der Waals surface area contributed by atoms with Crippen molar-refractivity contribution in [3.05, 3.63) is 11.9 Å². The molecule has 0 fully saturated rings. The van der Waals surface area contributed by atoms with Crippen LogP contribution in [-0.2, 0) is 18.2 Å². The smallest absolute Gasteiger partial charge is 0.0854 e. The van der Waals surface area contributed by atoms with Gasteiger partial charge in [-0.05, 0) is 12.8 Å². The highest BCUT2D eigenvalue weighted by atomic mass is 16.5. The molecule has 1 aromatic rings. The lowest BCUT2D eigenvalue weighted by Crippen LogP contribution is -1.97. The number of rotatable bonds is 4. The summed E-state index contributed by atoms with van der Waals surface area (Å²) >= 11 is 0. The molecule has 0 aliphatic heterocycles. The second-order valence-corrected chi connectivity index (χ2v) is 2.80. The molecule has 2 N–H and O–H groups in total. The Morgan fingerprint density at radius 1 is 1.67 bits per heavy atom. The molecule has 1 heterocycles. The third-order valence-electron chi connectivity index (χ3n) is 1.70. The Balaban J connectivity index is 2.45. The maximum atomic E-state index is 5.70. The average molecular weight is 169 g/mol. The molecule has 4 heteroatoms. The molecule has 0 atom stereocenters. The fourth-order valence-corrected chi connectivity index (χ4v) is 1.13. The Hall–Kier alpha value is -1.03. The highest BCUT2D eigenvalue weighted by Crippen LogP contribution is 2.09. The lowest BCUT2D eigenvalue weighted by atomic mass is 10.2. The van der Waals surface area contributed by atoms with Crippen LogP contribution in [0.2, 0.25) is 0 Å². The molecule has 0 aliphatic carbocycles. The van der Waals surface area contributed by atoms with Gasteiger partial charge in [-0.25, -0.2) is 0 Å². The highest BCUT2D eigenvalue weighted by molar-refractivity contribution is 5.40. The van der Waals surface area contributed by atoms with E-state index in [-0.39, 0.29) is 0 Å². The molecule has 0 unspecified atom stereocenters. The van der Waals surface area contributed by atoms with Crippen LogP contribution in [0.15, 0.2) is 6.20 Å². The van der Waals surface area contributed by atoms with E-state index in [1.54, 1.807) is 11.8 Å². The standard InChI is InChI=1S/C8H15N3O/c1-11-6-7(9)8(10-11)4-3-5-12-2/h6H,3-5,9H2,1-2H3. The summed E-state index contributed by atoms with van der Waals surface area (Å²) in [5.74, 6) is 0. The van der Waals surface area contributed by atoms with Crippen LogP contribution in [0.5, 0.6) is 0 Å². The van der Waals surface area contributed by atoms with Crippen molar-refractivity contribution in [3.63, 3.8) is 0 Å². The number of nitrogens with two attached hydrogens (primary N) is 1. The first-order valence-corrected chi connectivity index (χ1v) is 4.01. The highest BCUT2D eigenvalue weighted by Gasteiger charge is 2.02. The number of nitrogens with zero attached hydrogens (tertiary/aromatic N) is 2. The lowest BCUT2D eigenvalue weighted by Gasteiger charge is -1.96. The average Bonchev–Trinajstić information content (AvgIpc) is 2.31. The van der Waals surface area contributed by atoms with Crippen LogP contribution in [0.25, 0.3) is 0 Å². The maximum absolute atomic E-state index is 5.70. The zero-order chi connectivity index (χ0) is 8.97. The third-order valence-corrected chi connectivity index (χ3v) is 1.70. The molecule has 1 rings (SSSR count). The van der Waals surface area contributed by atoms with Crippen molar-refractivity contribution in [3.8, 4) is 0 Å². The fourth-order valence-electron chi connectivity index (χ4n) is 1.13. The molecule has 0 bridgehead atoms. The van der Waals surface area contributed by atoms with Gasteiger partial charge in [0.2, 0.25) is 0 Å². The van der Waals surface area contributed by atoms with E-state index in [1.165, 1.54) is 0 Å². The Labute approximate surface area is 72.3 Å². The van der Waals surface area contributed by atoms with Gasteiger partial charge >= 0.3 is 0 Å². The fraction of sp³-hybridized carbons (Fsp3) is 0.625. The van der Waals surface area contributed by atoms with E-state index < -0.39 is 0 Å². The summed E-state index contributed by atoms with van der Waals surface area (Å²) in [7, 11) is 3.57. The second-order valence-electron chi connectivity index (χ2n) is 2.80. The summed E-state index contributed by atoms with van der Waals surface area (Å²) in [6.45, 7) is 0.760. The van der Waals surface area contributed by atoms with Gasteiger partial charge in [-0.15, -0.1) is 0 Å². The van der Waals surface area contributed by atoms with E-state index in [0.717, 1.165) is 30.8 Å². The van der Waals surface area contributed by atoms with E-state index in [2.05, 4.69) is 5.10 Å². The largest absolute Gasteiger partial charge is 0.396 e. The second kappa shape index (κ2) is 4.11. The van der Waals surface area contributed by atoms with Gasteiger partial charge in [0.05, 0.1) is 11.4 Å². The number of hydrogen-bond acceptors (Lipinski definition) is 3. The summed E-state index contributed by atoms with van der Waals surface area (Å²) in [5, 5.41) is 4.22. The predicted molar refractivity (Wildman–Crippen MR) is 47.8 cm³/mol. The molecule has 0 radical (unpaired) electrons. The van der Waals surface area contributed by atoms with Crippen LogP contribution in [0.4, 0.5) is 5.69 Å². The summed E-state index contributed by atoms with van der Waals surface area (Å²) < 4.78 is 6.67. The summed E-state index contributed by atoms with van der Waals surface area (Å²) in [4.78, 5) is 0. The van der Waals surface area contributed by atoms with E-state index in [0.29, 0.717) is 0 Å². The predicted octanol–water partition coefficient (Wildman–Crippen LogP) is 0.581. The van der Waals surface area contributed by atoms with E-state index in [1.807, 2.05) is 13.2 Å². The van der Waals surface area contributed by atoms with Crippen molar-refractivity contribution in [2.45, 2.75) is 12.8 Å². The SMILES string of the molecule is COCCCc1nn(C)cc1N. The molecule has 0 saturated heterocycles. The summed E-state index contributed by atoms with van der Waals surface area (Å²) in [5.41, 5.74) is 7.44. The Bertz CT molecular complexity index is 244. The van der Waals surface area contributed by atoms with Gasteiger partial charge in [-0.3, -0.25) is 4.68 Å². The van der Waals surface area contributed by atoms with Crippen molar-refractivity contribution in [2.24, 2.45) is 7.05 Å². The van der Waals surface area contributed by atoms with Crippen LogP contribution < -0.4 is 5.73 Å². The van der Waals surface area contributed by atoms with E-state index >= 15 is 0 Å². The monoisotopic (exact) mass is 169 g/mol. The number of anilines is 1. The third kappa shape index (κ3) is 2.23. The number of ether oxygens (including phenoxy) is 1. The van der Waals surface area contributed by atoms with Crippen molar-refractivity contribution >= 4 is 5.69 Å². The zero-order valence-electron chi connectivity index (χ0n) is 7.58. The van der Waals surface area contributed by atoms with Crippen LogP contribution in [0, 0.1) is 0 Å². The molecule has 0 aromatic carbocycles. The molecule has 68 valence electrons. The molecule has 1 aromatic heterocycles. The molecule has 0 spiro atoms. The minimum Gasteiger partial charge on any atom is -0.396 e. The number of nitrogen functional groups attached to an aromatic ring is 1. The van der Waals surface area contributed by atoms with Crippen molar-refractivity contribution < 1.29 is 4.74 Å². The van der Waals surface area contributed by atoms with Crippen LogP contribution in [-0.4, -0.2) is 23.5 Å².